The fourth-order valence-electron chi connectivity index (χ4n) is 9.51. The third-order valence-corrected chi connectivity index (χ3v) is 13.5. The van der Waals surface area contributed by atoms with Crippen LogP contribution in [0.4, 0.5) is 0 Å². The minimum Gasteiger partial charge on any atom is -0.264 e. The van der Waals surface area contributed by atoms with Crippen LogP contribution in [0.5, 0.6) is 0 Å². The summed E-state index contributed by atoms with van der Waals surface area (Å²) in [6.45, 7) is 17.1. The largest absolute Gasteiger partial charge is 0.397 e. The lowest BCUT2D eigenvalue weighted by Gasteiger charge is -2.63. The predicted molar refractivity (Wildman–Crippen MR) is 162 cm³/mol. The van der Waals surface area contributed by atoms with Crippen molar-refractivity contribution in [2.24, 2.45) is 45.8 Å². The van der Waals surface area contributed by atoms with E-state index in [1.165, 1.54) is 5.57 Å². The van der Waals surface area contributed by atoms with Crippen LogP contribution in [0.15, 0.2) is 23.8 Å². The maximum absolute atomic E-state index is 12.1. The molecule has 0 radical (unpaired) electrons. The van der Waals surface area contributed by atoms with E-state index in [-0.39, 0.29) is 36.0 Å². The summed E-state index contributed by atoms with van der Waals surface area (Å²) in [6.07, 6.45) is 2.20. The predicted octanol–water partition coefficient (Wildman–Crippen LogP) is 5.37. The highest BCUT2D eigenvalue weighted by Gasteiger charge is 2.66. The molecule has 254 valence electrons. The SMILES string of the molecule is C=C(CC[C@@H](C)[C@H]1CC[C@@]2(C)C3C[C@H](OS(=O)(=O)O)C4C[C@H](OS(=O)(=O)O)[C@@H](OS(=O)(=O)O)C[C@]4(C)C3=CC[C@]12C)C(C)C. The van der Waals surface area contributed by atoms with Gasteiger partial charge in [-0.2, -0.15) is 25.3 Å². The smallest absolute Gasteiger partial charge is 0.264 e. The summed E-state index contributed by atoms with van der Waals surface area (Å²) in [5.74, 6) is 0.221. The molecule has 4 rings (SSSR count). The van der Waals surface area contributed by atoms with E-state index in [0.29, 0.717) is 17.8 Å². The lowest BCUT2D eigenvalue weighted by molar-refractivity contribution is -0.122. The lowest BCUT2D eigenvalue weighted by atomic mass is 9.43. The summed E-state index contributed by atoms with van der Waals surface area (Å²) < 4.78 is 115. The first kappa shape index (κ1) is 35.9. The van der Waals surface area contributed by atoms with Gasteiger partial charge in [-0.25, -0.2) is 12.5 Å². The molecule has 2 unspecified atom stereocenters. The van der Waals surface area contributed by atoms with Crippen LogP contribution in [0.25, 0.3) is 0 Å². The van der Waals surface area contributed by atoms with Crippen molar-refractivity contribution < 1.29 is 51.5 Å². The zero-order chi connectivity index (χ0) is 33.3. The van der Waals surface area contributed by atoms with Gasteiger partial charge >= 0.3 is 31.2 Å². The minimum absolute atomic E-state index is 0.152. The van der Waals surface area contributed by atoms with Gasteiger partial charge < -0.3 is 0 Å². The van der Waals surface area contributed by atoms with Crippen LogP contribution in [-0.4, -0.2) is 57.2 Å². The molecule has 0 amide bonds. The Balaban J connectivity index is 1.76. The molecule has 4 aliphatic rings. The van der Waals surface area contributed by atoms with Crippen molar-refractivity contribution in [2.45, 2.75) is 111 Å². The van der Waals surface area contributed by atoms with Crippen LogP contribution in [0.3, 0.4) is 0 Å². The van der Waals surface area contributed by atoms with Gasteiger partial charge in [0.25, 0.3) is 0 Å². The van der Waals surface area contributed by atoms with E-state index in [9.17, 15) is 38.9 Å². The molecule has 12 nitrogen and oxygen atoms in total. The highest BCUT2D eigenvalue weighted by atomic mass is 32.3. The molecule has 4 aliphatic carbocycles. The molecule has 0 spiro atoms. The average Bonchev–Trinajstić information content (AvgIpc) is 3.12. The van der Waals surface area contributed by atoms with Crippen molar-refractivity contribution >= 4 is 31.2 Å². The zero-order valence-corrected chi connectivity index (χ0v) is 28.8. The fourth-order valence-corrected chi connectivity index (χ4v) is 11.1. The van der Waals surface area contributed by atoms with E-state index < -0.39 is 60.8 Å². The maximum atomic E-state index is 12.1. The quantitative estimate of drug-likeness (QED) is 0.187. The molecule has 0 saturated heterocycles. The second kappa shape index (κ2) is 12.0. The van der Waals surface area contributed by atoms with E-state index in [0.717, 1.165) is 37.7 Å². The van der Waals surface area contributed by atoms with E-state index in [1.54, 1.807) is 0 Å². The topological polar surface area (TPSA) is 191 Å². The Morgan fingerprint density at radius 1 is 0.886 bits per heavy atom. The molecule has 0 heterocycles. The van der Waals surface area contributed by atoms with E-state index in [1.807, 2.05) is 6.92 Å². The average molecular weight is 685 g/mol. The molecule has 3 saturated carbocycles. The highest BCUT2D eigenvalue weighted by molar-refractivity contribution is 7.81. The summed E-state index contributed by atoms with van der Waals surface area (Å²) in [7, 11) is -15.1. The third kappa shape index (κ3) is 7.01. The van der Waals surface area contributed by atoms with Crippen LogP contribution >= 0.6 is 0 Å². The number of fused-ring (bicyclic) bond motifs is 5. The van der Waals surface area contributed by atoms with Crippen LogP contribution < -0.4 is 0 Å². The molecule has 0 bridgehead atoms. The van der Waals surface area contributed by atoms with Gasteiger partial charge in [0.05, 0.1) is 6.10 Å². The summed E-state index contributed by atoms with van der Waals surface area (Å²) >= 11 is 0. The Bertz CT molecular complexity index is 1490. The fraction of sp³-hybridized carbons (Fsp3) is 0.862. The van der Waals surface area contributed by atoms with Crippen LogP contribution in [0.1, 0.15) is 92.9 Å². The molecule has 3 fully saturated rings. The summed E-state index contributed by atoms with van der Waals surface area (Å²) in [6, 6.07) is 0. The second-order valence-electron chi connectivity index (χ2n) is 14.6. The number of hydrogen-bond acceptors (Lipinski definition) is 9. The Kier molecular flexibility index (Phi) is 9.77. The summed E-state index contributed by atoms with van der Waals surface area (Å²) in [4.78, 5) is 0. The van der Waals surface area contributed by atoms with Gasteiger partial charge in [0.15, 0.2) is 0 Å². The number of allylic oxidation sites excluding steroid dienone is 3. The molecule has 15 heteroatoms. The Morgan fingerprint density at radius 3 is 1.98 bits per heavy atom. The van der Waals surface area contributed by atoms with Crippen LogP contribution in [-0.2, 0) is 43.7 Å². The van der Waals surface area contributed by atoms with Crippen LogP contribution in [0, 0.1) is 45.8 Å². The van der Waals surface area contributed by atoms with Gasteiger partial charge in [-0.1, -0.05) is 65.3 Å². The molecule has 0 aliphatic heterocycles. The second-order valence-corrected chi connectivity index (χ2v) is 17.8. The molecular weight excluding hydrogens is 637 g/mol. The number of hydrogen-bond donors (Lipinski definition) is 3. The normalized spacial score (nSPS) is 40.1. The molecule has 0 aromatic carbocycles. The summed E-state index contributed by atoms with van der Waals surface area (Å²) in [5, 5.41) is 0. The van der Waals surface area contributed by atoms with Crippen molar-refractivity contribution in [3.8, 4) is 0 Å². The minimum atomic E-state index is -5.09. The molecule has 3 N–H and O–H groups in total. The molecule has 0 aromatic rings. The van der Waals surface area contributed by atoms with Crippen molar-refractivity contribution in [1.82, 2.24) is 0 Å². The van der Waals surface area contributed by atoms with Gasteiger partial charge in [0, 0.05) is 0 Å². The van der Waals surface area contributed by atoms with Crippen molar-refractivity contribution in [3.63, 3.8) is 0 Å². The molecular formula is C29H48O12S3. The van der Waals surface area contributed by atoms with Gasteiger partial charge in [0.2, 0.25) is 0 Å². The lowest BCUT2D eigenvalue weighted by Crippen LogP contribution is -2.60. The standard InChI is InChI=1S/C29H48O12S3/c1-17(2)18(3)8-9-19(4)20-10-12-29(7)22-14-24(39-42(30,31)32)23-15-25(40-43(33,34)35)26(41-44(36,37)38)16-27(23,5)21(22)11-13-28(20,29)6/h11,17,19-20,22-26H,3,8-10,12-16H2,1-2,4-7H3,(H,30,31,32)(H,33,34,35)(H,36,37,38)/t19-,20-,22?,23?,24+,25+,26+,27-,28-,29+/m1/s1. The third-order valence-electron chi connectivity index (χ3n) is 12.1. The maximum Gasteiger partial charge on any atom is 0.397 e. The Morgan fingerprint density at radius 2 is 1.43 bits per heavy atom. The highest BCUT2D eigenvalue weighted by Crippen LogP contribution is 2.72. The first-order chi connectivity index (χ1) is 19.9. The van der Waals surface area contributed by atoms with E-state index in [2.05, 4.69) is 47.3 Å². The van der Waals surface area contributed by atoms with E-state index in [4.69, 9.17) is 12.5 Å². The van der Waals surface area contributed by atoms with Gasteiger partial charge in [-0.15, -0.1) is 0 Å². The molecule has 44 heavy (non-hydrogen) atoms. The Hall–Kier alpha value is -0.910. The number of rotatable bonds is 11. The molecule has 10 atom stereocenters. The van der Waals surface area contributed by atoms with Crippen LogP contribution in [0.2, 0.25) is 0 Å². The summed E-state index contributed by atoms with van der Waals surface area (Å²) in [5.41, 5.74) is 0.742. The van der Waals surface area contributed by atoms with Gasteiger partial charge in [-0.05, 0) is 97.2 Å². The van der Waals surface area contributed by atoms with Crippen molar-refractivity contribution in [3.05, 3.63) is 23.8 Å². The van der Waals surface area contributed by atoms with Crippen molar-refractivity contribution in [1.29, 1.82) is 0 Å². The monoisotopic (exact) mass is 684 g/mol. The van der Waals surface area contributed by atoms with Gasteiger partial charge in [0.1, 0.15) is 12.2 Å². The van der Waals surface area contributed by atoms with Crippen molar-refractivity contribution in [2.75, 3.05) is 0 Å². The van der Waals surface area contributed by atoms with E-state index >= 15 is 0 Å². The molecule has 0 aromatic heterocycles. The Labute approximate surface area is 262 Å². The first-order valence-corrected chi connectivity index (χ1v) is 19.3. The zero-order valence-electron chi connectivity index (χ0n) is 26.3. The van der Waals surface area contributed by atoms with Gasteiger partial charge in [-0.3, -0.25) is 13.7 Å². The first-order valence-electron chi connectivity index (χ1n) is 15.3.